The van der Waals surface area contributed by atoms with Gasteiger partial charge in [-0.15, -0.1) is 0 Å². The molecule has 0 aliphatic heterocycles. The van der Waals surface area contributed by atoms with E-state index < -0.39 is 0 Å². The van der Waals surface area contributed by atoms with Crippen molar-refractivity contribution in [1.82, 2.24) is 9.97 Å². The van der Waals surface area contributed by atoms with Crippen molar-refractivity contribution in [3.05, 3.63) is 40.2 Å². The van der Waals surface area contributed by atoms with Crippen LogP contribution in [-0.2, 0) is 0 Å². The van der Waals surface area contributed by atoms with Crippen LogP contribution in [0.4, 0.5) is 0 Å². The van der Waals surface area contributed by atoms with Crippen LogP contribution in [0, 0.1) is 13.8 Å². The maximum atomic E-state index is 11.2. The van der Waals surface area contributed by atoms with Crippen LogP contribution < -0.4 is 5.56 Å². The second kappa shape index (κ2) is 3.14. The number of furan rings is 1. The maximum absolute atomic E-state index is 11.2. The minimum atomic E-state index is -0.145. The van der Waals surface area contributed by atoms with Crippen LogP contribution in [0.2, 0.25) is 0 Å². The Kier molecular flexibility index (Phi) is 1.96. The Morgan fingerprint density at radius 3 is 2.79 bits per heavy atom. The molecule has 0 saturated carbocycles. The molecule has 0 aromatic carbocycles. The van der Waals surface area contributed by atoms with Crippen molar-refractivity contribution < 1.29 is 4.42 Å². The molecule has 2 rings (SSSR count). The molecular weight excluding hydrogens is 180 g/mol. The van der Waals surface area contributed by atoms with Gasteiger partial charge in [-0.3, -0.25) is 4.79 Å². The van der Waals surface area contributed by atoms with Crippen LogP contribution in [0.25, 0.3) is 11.4 Å². The zero-order valence-electron chi connectivity index (χ0n) is 8.00. The lowest BCUT2D eigenvalue weighted by atomic mass is 10.2. The van der Waals surface area contributed by atoms with Gasteiger partial charge in [-0.2, -0.15) is 0 Å². The normalized spacial score (nSPS) is 10.4. The lowest BCUT2D eigenvalue weighted by Gasteiger charge is -1.98. The monoisotopic (exact) mass is 190 g/mol. The molecule has 72 valence electrons. The first-order valence-corrected chi connectivity index (χ1v) is 4.29. The van der Waals surface area contributed by atoms with Crippen molar-refractivity contribution in [1.29, 1.82) is 0 Å². The first kappa shape index (κ1) is 8.74. The van der Waals surface area contributed by atoms with Crippen LogP contribution in [0.5, 0.6) is 0 Å². The summed E-state index contributed by atoms with van der Waals surface area (Å²) in [6.07, 6.45) is 1.58. The number of nitrogens with zero attached hydrogens (tertiary/aromatic N) is 1. The third-order valence-electron chi connectivity index (χ3n) is 1.98. The third-order valence-corrected chi connectivity index (χ3v) is 1.98. The summed E-state index contributed by atoms with van der Waals surface area (Å²) in [6.45, 7) is 3.62. The lowest BCUT2D eigenvalue weighted by Crippen LogP contribution is -2.08. The minimum Gasteiger partial charge on any atom is -0.469 e. The average Bonchev–Trinajstić information content (AvgIpc) is 2.49. The summed E-state index contributed by atoms with van der Waals surface area (Å²) in [5, 5.41) is 0. The Morgan fingerprint density at radius 2 is 2.21 bits per heavy atom. The van der Waals surface area contributed by atoms with Crippen LogP contribution >= 0.6 is 0 Å². The number of rotatable bonds is 1. The van der Waals surface area contributed by atoms with Crippen LogP contribution in [0.1, 0.15) is 11.5 Å². The summed E-state index contributed by atoms with van der Waals surface area (Å²) in [5.41, 5.74) is 1.38. The highest BCUT2D eigenvalue weighted by molar-refractivity contribution is 5.56. The Labute approximate surface area is 80.6 Å². The number of nitrogens with one attached hydrogen (secondary N) is 1. The van der Waals surface area contributed by atoms with Crippen LogP contribution in [0.15, 0.2) is 27.6 Å². The van der Waals surface area contributed by atoms with Crippen molar-refractivity contribution in [2.45, 2.75) is 13.8 Å². The molecule has 4 nitrogen and oxygen atoms in total. The molecule has 0 bridgehead atoms. The fraction of sp³-hybridized carbons (Fsp3) is 0.200. The third kappa shape index (κ3) is 1.46. The highest BCUT2D eigenvalue weighted by Gasteiger charge is 2.07. The van der Waals surface area contributed by atoms with Crippen LogP contribution in [0.3, 0.4) is 0 Å². The van der Waals surface area contributed by atoms with E-state index in [1.165, 1.54) is 6.07 Å². The van der Waals surface area contributed by atoms with Gasteiger partial charge in [-0.05, 0) is 19.9 Å². The molecule has 0 radical (unpaired) electrons. The minimum absolute atomic E-state index is 0.145. The summed E-state index contributed by atoms with van der Waals surface area (Å²) in [6, 6.07) is 3.24. The van der Waals surface area contributed by atoms with E-state index in [4.69, 9.17) is 4.42 Å². The van der Waals surface area contributed by atoms with E-state index in [0.29, 0.717) is 11.5 Å². The molecule has 14 heavy (non-hydrogen) atoms. The highest BCUT2D eigenvalue weighted by atomic mass is 16.3. The van der Waals surface area contributed by atoms with Crippen molar-refractivity contribution in [3.63, 3.8) is 0 Å². The van der Waals surface area contributed by atoms with Gasteiger partial charge in [0.1, 0.15) is 11.6 Å². The van der Waals surface area contributed by atoms with E-state index in [2.05, 4.69) is 9.97 Å². The second-order valence-electron chi connectivity index (χ2n) is 3.13. The van der Waals surface area contributed by atoms with Crippen molar-refractivity contribution in [2.75, 3.05) is 0 Å². The van der Waals surface area contributed by atoms with Crippen molar-refractivity contribution >= 4 is 0 Å². The molecule has 0 aliphatic carbocycles. The van der Waals surface area contributed by atoms with Gasteiger partial charge in [-0.1, -0.05) is 0 Å². The van der Waals surface area contributed by atoms with Gasteiger partial charge < -0.3 is 9.40 Å². The maximum Gasteiger partial charge on any atom is 0.251 e. The number of hydrogen-bond donors (Lipinski definition) is 1. The Morgan fingerprint density at radius 1 is 1.43 bits per heavy atom. The molecule has 0 amide bonds. The van der Waals surface area contributed by atoms with Gasteiger partial charge >= 0.3 is 0 Å². The van der Waals surface area contributed by atoms with E-state index in [9.17, 15) is 4.79 Å². The van der Waals surface area contributed by atoms with E-state index in [0.717, 1.165) is 11.3 Å². The first-order valence-electron chi connectivity index (χ1n) is 4.29. The molecule has 0 aliphatic rings. The number of aromatic amines is 1. The number of hydrogen-bond acceptors (Lipinski definition) is 3. The van der Waals surface area contributed by atoms with E-state index in [-0.39, 0.29) is 5.56 Å². The fourth-order valence-corrected chi connectivity index (χ4v) is 1.34. The zero-order valence-corrected chi connectivity index (χ0v) is 8.00. The van der Waals surface area contributed by atoms with E-state index >= 15 is 0 Å². The van der Waals surface area contributed by atoms with Gasteiger partial charge in [0.15, 0.2) is 0 Å². The number of aryl methyl sites for hydroxylation is 2. The Balaban J connectivity index is 2.63. The summed E-state index contributed by atoms with van der Waals surface area (Å²) >= 11 is 0. The molecule has 0 unspecified atom stereocenters. The molecule has 0 spiro atoms. The predicted molar refractivity (Wildman–Crippen MR) is 52.0 cm³/mol. The van der Waals surface area contributed by atoms with Gasteiger partial charge in [0.25, 0.3) is 5.56 Å². The number of aromatic nitrogens is 2. The molecule has 0 fully saturated rings. The molecule has 0 atom stereocenters. The van der Waals surface area contributed by atoms with Gasteiger partial charge in [0.2, 0.25) is 0 Å². The highest BCUT2D eigenvalue weighted by Crippen LogP contribution is 2.19. The fourth-order valence-electron chi connectivity index (χ4n) is 1.34. The molecule has 4 heteroatoms. The Bertz CT molecular complexity index is 511. The summed E-state index contributed by atoms with van der Waals surface area (Å²) < 4.78 is 5.14. The van der Waals surface area contributed by atoms with E-state index in [1.807, 2.05) is 6.92 Å². The molecule has 0 saturated heterocycles. The molecule has 1 N–H and O–H groups in total. The average molecular weight is 190 g/mol. The predicted octanol–water partition coefficient (Wildman–Crippen LogP) is 1.65. The largest absolute Gasteiger partial charge is 0.469 e. The quantitative estimate of drug-likeness (QED) is 0.743. The molecule has 2 heterocycles. The summed E-state index contributed by atoms with van der Waals surface area (Å²) in [4.78, 5) is 18.1. The van der Waals surface area contributed by atoms with Crippen LogP contribution in [-0.4, -0.2) is 9.97 Å². The van der Waals surface area contributed by atoms with E-state index in [1.54, 1.807) is 19.3 Å². The molecule has 2 aromatic rings. The van der Waals surface area contributed by atoms with Gasteiger partial charge in [0, 0.05) is 11.8 Å². The smallest absolute Gasteiger partial charge is 0.251 e. The standard InChI is InChI=1S/C10H10N2O2/c1-6-5-9(13)12-10(11-6)8-3-4-14-7(8)2/h3-5H,1-2H3,(H,11,12,13). The number of H-pyrrole nitrogens is 1. The second-order valence-corrected chi connectivity index (χ2v) is 3.13. The van der Waals surface area contributed by atoms with Gasteiger partial charge in [0.05, 0.1) is 11.8 Å². The summed E-state index contributed by atoms with van der Waals surface area (Å²) in [7, 11) is 0. The molecule has 2 aromatic heterocycles. The first-order chi connectivity index (χ1) is 6.66. The zero-order chi connectivity index (χ0) is 10.1. The van der Waals surface area contributed by atoms with Gasteiger partial charge in [-0.25, -0.2) is 4.98 Å². The topological polar surface area (TPSA) is 58.9 Å². The summed E-state index contributed by atoms with van der Waals surface area (Å²) in [5.74, 6) is 1.31. The van der Waals surface area contributed by atoms with Crippen molar-refractivity contribution in [2.24, 2.45) is 0 Å². The Hall–Kier alpha value is -1.84. The SMILES string of the molecule is Cc1cc(=O)[nH]c(-c2ccoc2C)n1. The molecular formula is C10H10N2O2. The lowest BCUT2D eigenvalue weighted by molar-refractivity contribution is 0.535. The van der Waals surface area contributed by atoms with Crippen molar-refractivity contribution in [3.8, 4) is 11.4 Å².